The van der Waals surface area contributed by atoms with Gasteiger partial charge in [-0.15, -0.1) is 0 Å². The van der Waals surface area contributed by atoms with E-state index in [0.717, 1.165) is 18.9 Å². The lowest BCUT2D eigenvalue weighted by atomic mass is 9.88. The summed E-state index contributed by atoms with van der Waals surface area (Å²) in [5.74, 6) is -1.74. The van der Waals surface area contributed by atoms with Gasteiger partial charge in [0.15, 0.2) is 0 Å². The molecule has 134 valence electrons. The van der Waals surface area contributed by atoms with E-state index in [1.54, 1.807) is 7.11 Å². The average Bonchev–Trinajstić information content (AvgIpc) is 3.21. The third-order valence-corrected chi connectivity index (χ3v) is 4.73. The number of piperidine rings is 1. The van der Waals surface area contributed by atoms with Gasteiger partial charge in [-0.25, -0.2) is 4.79 Å². The summed E-state index contributed by atoms with van der Waals surface area (Å²) in [6, 6.07) is 0. The zero-order valence-corrected chi connectivity index (χ0v) is 13.3. The third kappa shape index (κ3) is 5.61. The zero-order chi connectivity index (χ0) is 17.1. The summed E-state index contributed by atoms with van der Waals surface area (Å²) in [6.07, 6.45) is 1.71. The molecule has 3 rings (SSSR count). The normalized spacial score (nSPS) is 27.6. The van der Waals surface area contributed by atoms with E-state index < -0.39 is 12.1 Å². The van der Waals surface area contributed by atoms with Crippen LogP contribution in [0.15, 0.2) is 0 Å². The molecule has 2 saturated heterocycles. The minimum absolute atomic E-state index is 0.167. The monoisotopic (exact) mass is 339 g/mol. The van der Waals surface area contributed by atoms with Crippen molar-refractivity contribution in [1.82, 2.24) is 4.90 Å². The molecular weight excluding hydrogens is 315 g/mol. The molecule has 5 nitrogen and oxygen atoms in total. The molecule has 0 amide bonds. The van der Waals surface area contributed by atoms with Crippen molar-refractivity contribution >= 4 is 5.97 Å². The van der Waals surface area contributed by atoms with Crippen LogP contribution >= 0.6 is 0 Å². The van der Waals surface area contributed by atoms with Crippen LogP contribution in [0.4, 0.5) is 13.2 Å². The molecule has 3 aliphatic rings. The van der Waals surface area contributed by atoms with Crippen LogP contribution in [-0.4, -0.2) is 67.2 Å². The van der Waals surface area contributed by atoms with E-state index in [9.17, 15) is 13.2 Å². The van der Waals surface area contributed by atoms with E-state index in [2.05, 4.69) is 4.90 Å². The van der Waals surface area contributed by atoms with Crippen molar-refractivity contribution in [3.8, 4) is 0 Å². The number of carbonyl (C=O) groups is 1. The van der Waals surface area contributed by atoms with Gasteiger partial charge < -0.3 is 19.5 Å². The molecule has 8 heteroatoms. The molecule has 1 atom stereocenters. The number of likely N-dealkylation sites (tertiary alicyclic amines) is 1. The van der Waals surface area contributed by atoms with Crippen LogP contribution in [0.25, 0.3) is 0 Å². The second-order valence-electron chi connectivity index (χ2n) is 6.60. The number of hydrogen-bond acceptors (Lipinski definition) is 4. The number of halogens is 3. The maximum atomic E-state index is 10.6. The molecule has 1 N–H and O–H groups in total. The highest BCUT2D eigenvalue weighted by Gasteiger charge is 2.43. The number of carboxylic acid groups (broad SMARTS) is 1. The van der Waals surface area contributed by atoms with Gasteiger partial charge >= 0.3 is 12.1 Å². The maximum Gasteiger partial charge on any atom is 0.490 e. The number of rotatable bonds is 3. The Hall–Kier alpha value is -0.860. The van der Waals surface area contributed by atoms with E-state index in [-0.39, 0.29) is 5.60 Å². The SMILES string of the molecule is COC1COC2(CCN(CC3CC3)CC2)C1.O=C(O)C(F)(F)F. The van der Waals surface area contributed by atoms with Crippen LogP contribution in [0.3, 0.4) is 0 Å². The summed E-state index contributed by atoms with van der Waals surface area (Å²) in [7, 11) is 1.80. The fourth-order valence-electron chi connectivity index (χ4n) is 3.11. The zero-order valence-electron chi connectivity index (χ0n) is 13.3. The lowest BCUT2D eigenvalue weighted by Crippen LogP contribution is -2.44. The number of hydrogen-bond donors (Lipinski definition) is 1. The predicted molar refractivity (Wildman–Crippen MR) is 76.2 cm³/mol. The van der Waals surface area contributed by atoms with E-state index in [1.807, 2.05) is 0 Å². The molecule has 0 aromatic carbocycles. The molecule has 1 unspecified atom stereocenters. The molecule has 2 heterocycles. The first-order valence-electron chi connectivity index (χ1n) is 7.93. The van der Waals surface area contributed by atoms with Crippen LogP contribution in [0.1, 0.15) is 32.1 Å². The molecule has 1 aliphatic carbocycles. The Bertz CT molecular complexity index is 404. The van der Waals surface area contributed by atoms with Gasteiger partial charge in [0.2, 0.25) is 0 Å². The highest BCUT2D eigenvalue weighted by atomic mass is 19.4. The molecular formula is C15H24F3NO4. The van der Waals surface area contributed by atoms with Crippen molar-refractivity contribution in [2.24, 2.45) is 5.92 Å². The predicted octanol–water partition coefficient (Wildman–Crippen LogP) is 2.30. The smallest absolute Gasteiger partial charge is 0.475 e. The maximum absolute atomic E-state index is 10.6. The second-order valence-corrected chi connectivity index (χ2v) is 6.60. The Kier molecular flexibility index (Phi) is 5.91. The van der Waals surface area contributed by atoms with Gasteiger partial charge in [0, 0.05) is 33.2 Å². The van der Waals surface area contributed by atoms with Gasteiger partial charge in [0.1, 0.15) is 0 Å². The molecule has 1 spiro atoms. The number of nitrogens with zero attached hydrogens (tertiary/aromatic N) is 1. The first-order chi connectivity index (χ1) is 10.7. The average molecular weight is 339 g/mol. The number of alkyl halides is 3. The van der Waals surface area contributed by atoms with E-state index in [1.165, 1.54) is 45.3 Å². The van der Waals surface area contributed by atoms with Gasteiger partial charge in [0.05, 0.1) is 18.3 Å². The molecule has 0 radical (unpaired) electrons. The summed E-state index contributed by atoms with van der Waals surface area (Å²) in [4.78, 5) is 11.5. The van der Waals surface area contributed by atoms with Crippen LogP contribution in [0.2, 0.25) is 0 Å². The minimum atomic E-state index is -5.08. The van der Waals surface area contributed by atoms with Crippen molar-refractivity contribution < 1.29 is 32.5 Å². The second kappa shape index (κ2) is 7.36. The first-order valence-corrected chi connectivity index (χ1v) is 7.93. The Morgan fingerprint density at radius 2 is 1.91 bits per heavy atom. The first kappa shape index (κ1) is 18.5. The van der Waals surface area contributed by atoms with Gasteiger partial charge in [-0.05, 0) is 31.6 Å². The van der Waals surface area contributed by atoms with Crippen molar-refractivity contribution in [2.75, 3.05) is 33.4 Å². The third-order valence-electron chi connectivity index (χ3n) is 4.73. The fraction of sp³-hybridized carbons (Fsp3) is 0.933. The van der Waals surface area contributed by atoms with E-state index in [4.69, 9.17) is 19.4 Å². The number of aliphatic carboxylic acids is 1. The molecule has 3 fully saturated rings. The Balaban J connectivity index is 0.000000236. The van der Waals surface area contributed by atoms with Gasteiger partial charge in [0.25, 0.3) is 0 Å². The summed E-state index contributed by atoms with van der Waals surface area (Å²) < 4.78 is 43.1. The lowest BCUT2D eigenvalue weighted by Gasteiger charge is -2.38. The van der Waals surface area contributed by atoms with Crippen molar-refractivity contribution in [2.45, 2.75) is 50.0 Å². The van der Waals surface area contributed by atoms with Gasteiger partial charge in [-0.3, -0.25) is 0 Å². The summed E-state index contributed by atoms with van der Waals surface area (Å²) in [5, 5.41) is 7.12. The van der Waals surface area contributed by atoms with Crippen LogP contribution in [-0.2, 0) is 14.3 Å². The van der Waals surface area contributed by atoms with E-state index >= 15 is 0 Å². The minimum Gasteiger partial charge on any atom is -0.475 e. The standard InChI is InChI=1S/C13H23NO2.C2HF3O2/c1-15-12-8-13(16-10-12)4-6-14(7-5-13)9-11-2-3-11;3-2(4,5)1(6)7/h11-12H,2-10H2,1H3;(H,6,7). The molecule has 0 aromatic rings. The van der Waals surface area contributed by atoms with Crippen LogP contribution < -0.4 is 0 Å². The van der Waals surface area contributed by atoms with E-state index in [0.29, 0.717) is 6.10 Å². The molecule has 2 aliphatic heterocycles. The van der Waals surface area contributed by atoms with Crippen molar-refractivity contribution in [3.63, 3.8) is 0 Å². The van der Waals surface area contributed by atoms with Crippen LogP contribution in [0, 0.1) is 5.92 Å². The quantitative estimate of drug-likeness (QED) is 0.855. The summed E-state index contributed by atoms with van der Waals surface area (Å²) >= 11 is 0. The fourth-order valence-corrected chi connectivity index (χ4v) is 3.11. The van der Waals surface area contributed by atoms with Gasteiger partial charge in [-0.2, -0.15) is 13.2 Å². The van der Waals surface area contributed by atoms with Crippen molar-refractivity contribution in [1.29, 1.82) is 0 Å². The highest BCUT2D eigenvalue weighted by molar-refractivity contribution is 5.73. The highest BCUT2D eigenvalue weighted by Crippen LogP contribution is 2.38. The Morgan fingerprint density at radius 3 is 2.30 bits per heavy atom. The van der Waals surface area contributed by atoms with Crippen molar-refractivity contribution in [3.05, 3.63) is 0 Å². The Morgan fingerprint density at radius 1 is 1.35 bits per heavy atom. The molecule has 1 saturated carbocycles. The van der Waals surface area contributed by atoms with Gasteiger partial charge in [-0.1, -0.05) is 0 Å². The summed E-state index contributed by atoms with van der Waals surface area (Å²) in [5.41, 5.74) is 0.167. The number of ether oxygens (including phenoxy) is 2. The summed E-state index contributed by atoms with van der Waals surface area (Å²) in [6.45, 7) is 4.60. The number of carboxylic acids is 1. The van der Waals surface area contributed by atoms with Crippen LogP contribution in [0.5, 0.6) is 0 Å². The molecule has 0 aromatic heterocycles. The topological polar surface area (TPSA) is 59.0 Å². The number of methoxy groups -OCH3 is 1. The lowest BCUT2D eigenvalue weighted by molar-refractivity contribution is -0.192. The largest absolute Gasteiger partial charge is 0.490 e. The molecule has 0 bridgehead atoms. The Labute approximate surface area is 133 Å². The molecule has 23 heavy (non-hydrogen) atoms.